The normalized spacial score (nSPS) is 17.0. The lowest BCUT2D eigenvalue weighted by Gasteiger charge is -2.17. The Morgan fingerprint density at radius 3 is 2.56 bits per heavy atom. The summed E-state index contributed by atoms with van der Waals surface area (Å²) in [4.78, 5) is 39.1. The number of carbonyl (C=O) groups excluding carboxylic acids is 2. The number of hydrogen-bond donors (Lipinski definition) is 1. The van der Waals surface area contributed by atoms with E-state index in [2.05, 4.69) is 10.4 Å². The topological polar surface area (TPSA) is 84.3 Å². The molecule has 1 aliphatic rings. The first-order valence-electron chi connectivity index (χ1n) is 8.12. The first-order chi connectivity index (χ1) is 11.9. The monoisotopic (exact) mass is 340 g/mol. The summed E-state index contributed by atoms with van der Waals surface area (Å²) < 4.78 is 1.14. The Morgan fingerprint density at radius 1 is 1.20 bits per heavy atom. The second kappa shape index (κ2) is 6.51. The van der Waals surface area contributed by atoms with Crippen LogP contribution in [0.1, 0.15) is 28.0 Å². The molecule has 1 aromatic carbocycles. The molecule has 7 heteroatoms. The van der Waals surface area contributed by atoms with Crippen molar-refractivity contribution >= 4 is 17.5 Å². The Balaban J connectivity index is 1.81. The van der Waals surface area contributed by atoms with E-state index in [1.165, 1.54) is 7.05 Å². The Bertz CT molecular complexity index is 889. The van der Waals surface area contributed by atoms with E-state index >= 15 is 0 Å². The molecule has 1 fully saturated rings. The van der Waals surface area contributed by atoms with Crippen molar-refractivity contribution < 1.29 is 9.59 Å². The number of aryl methyl sites for hydroxylation is 2. The molecule has 7 nitrogen and oxygen atoms in total. The smallest absolute Gasteiger partial charge is 0.279 e. The van der Waals surface area contributed by atoms with Gasteiger partial charge >= 0.3 is 0 Å². The number of nitrogens with one attached hydrogen (secondary N) is 1. The van der Waals surface area contributed by atoms with E-state index in [-0.39, 0.29) is 11.5 Å². The van der Waals surface area contributed by atoms with Crippen molar-refractivity contribution in [1.29, 1.82) is 0 Å². The zero-order valence-electron chi connectivity index (χ0n) is 14.4. The van der Waals surface area contributed by atoms with Crippen molar-refractivity contribution in [3.05, 3.63) is 57.5 Å². The van der Waals surface area contributed by atoms with E-state index in [0.717, 1.165) is 10.4 Å². The number of benzene rings is 1. The van der Waals surface area contributed by atoms with E-state index in [0.29, 0.717) is 24.2 Å². The van der Waals surface area contributed by atoms with Crippen molar-refractivity contribution in [3.8, 4) is 0 Å². The van der Waals surface area contributed by atoms with Gasteiger partial charge in [0.15, 0.2) is 0 Å². The molecule has 0 radical (unpaired) electrons. The van der Waals surface area contributed by atoms with Crippen LogP contribution in [0.2, 0.25) is 0 Å². The molecule has 0 aliphatic carbocycles. The van der Waals surface area contributed by atoms with Gasteiger partial charge in [-0.25, -0.2) is 4.68 Å². The Labute approximate surface area is 145 Å². The summed E-state index contributed by atoms with van der Waals surface area (Å²) >= 11 is 0. The molecule has 2 amide bonds. The second-order valence-electron chi connectivity index (χ2n) is 6.15. The van der Waals surface area contributed by atoms with Crippen molar-refractivity contribution in [1.82, 2.24) is 15.1 Å². The summed E-state index contributed by atoms with van der Waals surface area (Å²) in [5.74, 6) is -0.698. The standard InChI is InChI=1S/C18H20N4O3/c1-11-12(2)20-21(3)18(25)15(11)16(23)19-14-9-10-22(17(14)24)13-7-5-4-6-8-13/h4-8,14H,9-10H2,1-3H3,(H,19,23)/t14-/m0/s1. The maximum Gasteiger partial charge on any atom is 0.279 e. The molecule has 1 aromatic heterocycles. The highest BCUT2D eigenvalue weighted by molar-refractivity contribution is 6.04. The predicted molar refractivity (Wildman–Crippen MR) is 93.6 cm³/mol. The Hall–Kier alpha value is -2.96. The lowest BCUT2D eigenvalue weighted by molar-refractivity contribution is -0.118. The summed E-state index contributed by atoms with van der Waals surface area (Å²) in [6.45, 7) is 3.95. The summed E-state index contributed by atoms with van der Waals surface area (Å²) in [5, 5.41) is 6.77. The van der Waals surface area contributed by atoms with Gasteiger partial charge in [-0.15, -0.1) is 0 Å². The summed E-state index contributed by atoms with van der Waals surface area (Å²) in [7, 11) is 1.50. The fourth-order valence-corrected chi connectivity index (χ4v) is 3.02. The van der Waals surface area contributed by atoms with Gasteiger partial charge in [0, 0.05) is 19.3 Å². The van der Waals surface area contributed by atoms with Gasteiger partial charge in [-0.05, 0) is 38.0 Å². The number of anilines is 1. The number of rotatable bonds is 3. The maximum absolute atomic E-state index is 12.6. The lowest BCUT2D eigenvalue weighted by Crippen LogP contribution is -2.44. The van der Waals surface area contributed by atoms with Crippen molar-refractivity contribution in [3.63, 3.8) is 0 Å². The molecule has 1 saturated heterocycles. The highest BCUT2D eigenvalue weighted by Gasteiger charge is 2.34. The minimum Gasteiger partial charge on any atom is -0.340 e. The van der Waals surface area contributed by atoms with Crippen LogP contribution in [0, 0.1) is 13.8 Å². The zero-order valence-corrected chi connectivity index (χ0v) is 14.4. The molecule has 2 heterocycles. The number of carbonyl (C=O) groups is 2. The second-order valence-corrected chi connectivity index (χ2v) is 6.15. The van der Waals surface area contributed by atoms with Gasteiger partial charge in [0.05, 0.1) is 5.69 Å². The molecule has 2 aromatic rings. The zero-order chi connectivity index (χ0) is 18.1. The van der Waals surface area contributed by atoms with Crippen LogP contribution in [-0.2, 0) is 11.8 Å². The van der Waals surface area contributed by atoms with Gasteiger partial charge in [-0.2, -0.15) is 5.10 Å². The number of para-hydroxylation sites is 1. The third kappa shape index (κ3) is 3.05. The van der Waals surface area contributed by atoms with Crippen molar-refractivity contribution in [2.45, 2.75) is 26.3 Å². The fourth-order valence-electron chi connectivity index (χ4n) is 3.02. The van der Waals surface area contributed by atoms with Crippen LogP contribution in [0.25, 0.3) is 0 Å². The SMILES string of the molecule is Cc1nn(C)c(=O)c(C(=O)N[C@H]2CCN(c3ccccc3)C2=O)c1C. The molecule has 0 saturated carbocycles. The minimum absolute atomic E-state index is 0.0426. The van der Waals surface area contributed by atoms with E-state index < -0.39 is 17.5 Å². The van der Waals surface area contributed by atoms with E-state index in [1.807, 2.05) is 30.3 Å². The van der Waals surface area contributed by atoms with Crippen LogP contribution in [0.4, 0.5) is 5.69 Å². The van der Waals surface area contributed by atoms with Gasteiger partial charge in [0.2, 0.25) is 5.91 Å². The first kappa shape index (κ1) is 16.9. The minimum atomic E-state index is -0.634. The molecule has 25 heavy (non-hydrogen) atoms. The number of aromatic nitrogens is 2. The van der Waals surface area contributed by atoms with E-state index in [1.54, 1.807) is 18.7 Å². The average molecular weight is 340 g/mol. The fraction of sp³-hybridized carbons (Fsp3) is 0.333. The average Bonchev–Trinajstić information content (AvgIpc) is 2.95. The molecular formula is C18H20N4O3. The molecule has 3 rings (SSSR count). The Kier molecular flexibility index (Phi) is 4.39. The van der Waals surface area contributed by atoms with Crippen molar-refractivity contribution in [2.24, 2.45) is 7.05 Å². The number of nitrogens with zero attached hydrogens (tertiary/aromatic N) is 3. The molecule has 0 bridgehead atoms. The van der Waals surface area contributed by atoms with E-state index in [4.69, 9.17) is 0 Å². The maximum atomic E-state index is 12.6. The van der Waals surface area contributed by atoms with Gasteiger partial charge in [-0.3, -0.25) is 14.4 Å². The van der Waals surface area contributed by atoms with E-state index in [9.17, 15) is 14.4 Å². The van der Waals surface area contributed by atoms with Crippen molar-refractivity contribution in [2.75, 3.05) is 11.4 Å². The lowest BCUT2D eigenvalue weighted by atomic mass is 10.1. The van der Waals surface area contributed by atoms with Gasteiger partial charge < -0.3 is 10.2 Å². The number of hydrogen-bond acceptors (Lipinski definition) is 4. The van der Waals surface area contributed by atoms with Gasteiger partial charge in [-0.1, -0.05) is 18.2 Å². The highest BCUT2D eigenvalue weighted by atomic mass is 16.2. The third-order valence-corrected chi connectivity index (χ3v) is 4.53. The van der Waals surface area contributed by atoms with Crippen LogP contribution in [0.3, 0.4) is 0 Å². The molecule has 1 atom stereocenters. The number of amides is 2. The van der Waals surface area contributed by atoms with Crippen LogP contribution >= 0.6 is 0 Å². The molecule has 1 N–H and O–H groups in total. The largest absolute Gasteiger partial charge is 0.340 e. The third-order valence-electron chi connectivity index (χ3n) is 4.53. The van der Waals surface area contributed by atoms with Crippen LogP contribution in [0.15, 0.2) is 35.1 Å². The van der Waals surface area contributed by atoms with Crippen LogP contribution in [-0.4, -0.2) is 34.2 Å². The highest BCUT2D eigenvalue weighted by Crippen LogP contribution is 2.21. The molecular weight excluding hydrogens is 320 g/mol. The summed E-state index contributed by atoms with van der Waals surface area (Å²) in [6.07, 6.45) is 0.503. The molecule has 0 spiro atoms. The van der Waals surface area contributed by atoms with Crippen LogP contribution < -0.4 is 15.8 Å². The Morgan fingerprint density at radius 2 is 1.88 bits per heavy atom. The first-order valence-corrected chi connectivity index (χ1v) is 8.12. The van der Waals surface area contributed by atoms with Gasteiger partial charge in [0.1, 0.15) is 11.6 Å². The molecule has 1 aliphatic heterocycles. The van der Waals surface area contributed by atoms with Gasteiger partial charge in [0.25, 0.3) is 11.5 Å². The molecule has 0 unspecified atom stereocenters. The predicted octanol–water partition coefficient (Wildman–Crippen LogP) is 0.932. The molecule has 130 valence electrons. The quantitative estimate of drug-likeness (QED) is 0.901. The summed E-state index contributed by atoms with van der Waals surface area (Å²) in [6, 6.07) is 8.68. The summed E-state index contributed by atoms with van der Waals surface area (Å²) in [5.41, 5.74) is 1.52. The van der Waals surface area contributed by atoms with Crippen LogP contribution in [0.5, 0.6) is 0 Å².